The summed E-state index contributed by atoms with van der Waals surface area (Å²) in [6, 6.07) is 24.1. The van der Waals surface area contributed by atoms with E-state index in [0.717, 1.165) is 45.8 Å². The maximum absolute atomic E-state index is 10.6. The molecule has 0 radical (unpaired) electrons. The normalized spacial score (nSPS) is 21.6. The lowest BCUT2D eigenvalue weighted by atomic mass is 9.94. The Kier molecular flexibility index (Phi) is 6.62. The van der Waals surface area contributed by atoms with Crippen LogP contribution in [0.2, 0.25) is 0 Å². The highest BCUT2D eigenvalue weighted by atomic mass is 16.3. The van der Waals surface area contributed by atoms with Crippen LogP contribution >= 0.6 is 0 Å². The van der Waals surface area contributed by atoms with E-state index in [0.29, 0.717) is 6.04 Å². The van der Waals surface area contributed by atoms with Gasteiger partial charge in [-0.25, -0.2) is 0 Å². The van der Waals surface area contributed by atoms with E-state index in [9.17, 15) is 10.2 Å². The van der Waals surface area contributed by atoms with Crippen LogP contribution in [0.5, 0.6) is 11.5 Å². The van der Waals surface area contributed by atoms with Gasteiger partial charge in [0.25, 0.3) is 0 Å². The van der Waals surface area contributed by atoms with E-state index in [-0.39, 0.29) is 23.6 Å². The van der Waals surface area contributed by atoms with E-state index in [2.05, 4.69) is 17.0 Å². The van der Waals surface area contributed by atoms with E-state index in [1.54, 1.807) is 12.1 Å². The summed E-state index contributed by atoms with van der Waals surface area (Å²) in [5.41, 5.74) is 1.51. The van der Waals surface area contributed by atoms with Crippen molar-refractivity contribution in [2.45, 2.75) is 50.2 Å². The average Bonchev–Trinajstić information content (AvgIpc) is 3.35. The van der Waals surface area contributed by atoms with Gasteiger partial charge in [-0.3, -0.25) is 14.9 Å². The second kappa shape index (κ2) is 10.3. The molecule has 0 spiro atoms. The fraction of sp³-hybridized carbons (Fsp3) is 0.312. The Hall–Kier alpha value is -3.70. The van der Waals surface area contributed by atoms with Crippen LogP contribution in [0.4, 0.5) is 0 Å². The van der Waals surface area contributed by atoms with Crippen molar-refractivity contribution in [3.05, 3.63) is 83.9 Å². The van der Waals surface area contributed by atoms with E-state index >= 15 is 0 Å². The lowest BCUT2D eigenvalue weighted by molar-refractivity contribution is 0.188. The van der Waals surface area contributed by atoms with Gasteiger partial charge in [0.05, 0.1) is 12.1 Å². The molecule has 1 aliphatic heterocycles. The lowest BCUT2D eigenvalue weighted by Gasteiger charge is -2.30. The van der Waals surface area contributed by atoms with Crippen molar-refractivity contribution >= 4 is 34.0 Å². The van der Waals surface area contributed by atoms with Crippen LogP contribution in [0.25, 0.3) is 21.5 Å². The van der Waals surface area contributed by atoms with Gasteiger partial charge in [-0.05, 0) is 46.5 Å². The van der Waals surface area contributed by atoms with Crippen LogP contribution in [-0.2, 0) is 0 Å². The Labute approximate surface area is 217 Å². The zero-order valence-corrected chi connectivity index (χ0v) is 21.0. The summed E-state index contributed by atoms with van der Waals surface area (Å²) < 4.78 is 0. The van der Waals surface area contributed by atoms with Gasteiger partial charge in [0, 0.05) is 42.7 Å². The molecule has 4 aromatic carbocycles. The molecule has 0 aromatic heterocycles. The minimum atomic E-state index is -0.0198. The van der Waals surface area contributed by atoms with Crippen molar-refractivity contribution in [3.8, 4) is 11.5 Å². The molecule has 0 unspecified atom stereocenters. The number of phenolic OH excluding ortho intramolecular Hbond substituents is 2. The third kappa shape index (κ3) is 4.84. The number of fused-ring (bicyclic) bond motifs is 2. The molecule has 37 heavy (non-hydrogen) atoms. The number of phenols is 2. The quantitative estimate of drug-likeness (QED) is 0.321. The van der Waals surface area contributed by atoms with E-state index in [1.807, 2.05) is 61.0 Å². The zero-order valence-electron chi connectivity index (χ0n) is 21.0. The largest absolute Gasteiger partial charge is 0.507 e. The van der Waals surface area contributed by atoms with Gasteiger partial charge in [0.2, 0.25) is 0 Å². The Morgan fingerprint density at radius 1 is 0.622 bits per heavy atom. The maximum atomic E-state index is 10.6. The summed E-state index contributed by atoms with van der Waals surface area (Å²) in [4.78, 5) is 12.6. The number of hydrogen-bond acceptors (Lipinski definition) is 5. The van der Waals surface area contributed by atoms with Crippen molar-refractivity contribution in [2.75, 3.05) is 13.1 Å². The minimum Gasteiger partial charge on any atom is -0.507 e. The highest BCUT2D eigenvalue weighted by Gasteiger charge is 2.36. The molecule has 5 heteroatoms. The fourth-order valence-corrected chi connectivity index (χ4v) is 6.02. The third-order valence-electron chi connectivity index (χ3n) is 8.06. The molecule has 1 aliphatic carbocycles. The molecule has 1 heterocycles. The van der Waals surface area contributed by atoms with Gasteiger partial charge >= 0.3 is 0 Å². The molecule has 4 aromatic rings. The molecule has 6 rings (SSSR count). The van der Waals surface area contributed by atoms with Gasteiger partial charge in [0.1, 0.15) is 11.5 Å². The SMILES string of the molecule is Oc1ccc2ccccc2c1C=N[C@@H]1CN(C2CCCCC2)C[C@H]1N=Cc1c(O)ccc2ccccc12. The first kappa shape index (κ1) is 23.7. The predicted octanol–water partition coefficient (Wildman–Crippen LogP) is 6.33. The Morgan fingerprint density at radius 2 is 1.11 bits per heavy atom. The topological polar surface area (TPSA) is 68.4 Å². The first-order chi connectivity index (χ1) is 18.2. The number of likely N-dealkylation sites (tertiary alicyclic amines) is 1. The zero-order chi connectivity index (χ0) is 25.2. The minimum absolute atomic E-state index is 0.0198. The average molecular weight is 492 g/mol. The van der Waals surface area contributed by atoms with Gasteiger partial charge in [0.15, 0.2) is 0 Å². The Bertz CT molecular complexity index is 1370. The Balaban J connectivity index is 1.33. The standard InChI is InChI=1S/C32H33N3O2/c36-31-16-14-22-8-4-6-12-25(22)27(31)18-33-29-20-35(24-10-2-1-3-11-24)21-30(29)34-19-28-26-13-7-5-9-23(26)15-17-32(28)37/h4-9,12-19,24,29-30,36-37H,1-3,10-11,20-21H2/t29-,30-/m1/s1. The third-order valence-corrected chi connectivity index (χ3v) is 8.06. The molecule has 5 nitrogen and oxygen atoms in total. The molecule has 1 saturated carbocycles. The van der Waals surface area contributed by atoms with Crippen LogP contribution in [0, 0.1) is 0 Å². The number of aliphatic imine (C=N–C) groups is 2. The molecule has 2 aliphatic rings. The Morgan fingerprint density at radius 3 is 1.62 bits per heavy atom. The molecular weight excluding hydrogens is 458 g/mol. The second-order valence-corrected chi connectivity index (χ2v) is 10.4. The fourth-order valence-electron chi connectivity index (χ4n) is 6.02. The van der Waals surface area contributed by atoms with Gasteiger partial charge < -0.3 is 10.2 Å². The molecule has 2 fully saturated rings. The van der Waals surface area contributed by atoms with Crippen molar-refractivity contribution in [2.24, 2.45) is 9.98 Å². The van der Waals surface area contributed by atoms with Crippen molar-refractivity contribution < 1.29 is 10.2 Å². The van der Waals surface area contributed by atoms with Gasteiger partial charge in [-0.15, -0.1) is 0 Å². The molecule has 0 amide bonds. The van der Waals surface area contributed by atoms with Gasteiger partial charge in [-0.2, -0.15) is 0 Å². The van der Waals surface area contributed by atoms with Crippen LogP contribution < -0.4 is 0 Å². The molecule has 188 valence electrons. The molecule has 1 saturated heterocycles. The highest BCUT2D eigenvalue weighted by molar-refractivity contribution is 6.03. The lowest BCUT2D eigenvalue weighted by Crippen LogP contribution is -2.35. The van der Waals surface area contributed by atoms with E-state index < -0.39 is 0 Å². The van der Waals surface area contributed by atoms with Crippen molar-refractivity contribution in [1.29, 1.82) is 0 Å². The number of nitrogens with zero attached hydrogens (tertiary/aromatic N) is 3. The number of benzene rings is 4. The summed E-state index contributed by atoms with van der Waals surface area (Å²) in [6.07, 6.45) is 10.1. The molecule has 2 N–H and O–H groups in total. The van der Waals surface area contributed by atoms with Crippen LogP contribution in [-0.4, -0.2) is 58.8 Å². The highest BCUT2D eigenvalue weighted by Crippen LogP contribution is 2.30. The van der Waals surface area contributed by atoms with Crippen LogP contribution in [0.1, 0.15) is 43.2 Å². The number of hydrogen-bond donors (Lipinski definition) is 2. The summed E-state index contributed by atoms with van der Waals surface area (Å²) in [5, 5.41) is 25.4. The smallest absolute Gasteiger partial charge is 0.124 e. The first-order valence-corrected chi connectivity index (χ1v) is 13.4. The molecule has 2 atom stereocenters. The summed E-state index contributed by atoms with van der Waals surface area (Å²) in [7, 11) is 0. The molecule has 0 bridgehead atoms. The van der Waals surface area contributed by atoms with Crippen LogP contribution in [0.3, 0.4) is 0 Å². The van der Waals surface area contributed by atoms with Gasteiger partial charge in [-0.1, -0.05) is 79.9 Å². The monoisotopic (exact) mass is 491 g/mol. The second-order valence-electron chi connectivity index (χ2n) is 10.4. The summed E-state index contributed by atoms with van der Waals surface area (Å²) in [5.74, 6) is 0.482. The predicted molar refractivity (Wildman–Crippen MR) is 152 cm³/mol. The summed E-state index contributed by atoms with van der Waals surface area (Å²) in [6.45, 7) is 1.71. The van der Waals surface area contributed by atoms with E-state index in [1.165, 1.54) is 32.1 Å². The van der Waals surface area contributed by atoms with Crippen LogP contribution in [0.15, 0.2) is 82.8 Å². The molecular formula is C32H33N3O2. The maximum Gasteiger partial charge on any atom is 0.124 e. The first-order valence-electron chi connectivity index (χ1n) is 13.4. The van der Waals surface area contributed by atoms with Crippen molar-refractivity contribution in [1.82, 2.24) is 4.90 Å². The van der Waals surface area contributed by atoms with Crippen molar-refractivity contribution in [3.63, 3.8) is 0 Å². The van der Waals surface area contributed by atoms with E-state index in [4.69, 9.17) is 9.98 Å². The number of rotatable bonds is 5. The number of aromatic hydroxyl groups is 2. The summed E-state index contributed by atoms with van der Waals surface area (Å²) >= 11 is 0.